The van der Waals surface area contributed by atoms with Crippen molar-refractivity contribution in [1.82, 2.24) is 0 Å². The minimum Gasteiger partial charge on any atom is -0.469 e. The number of rotatable bonds is 38. The van der Waals surface area contributed by atoms with E-state index < -0.39 is 41.8 Å². The molecule has 0 saturated heterocycles. The first-order valence-electron chi connectivity index (χ1n) is 24.3. The highest BCUT2D eigenvalue weighted by Gasteiger charge is 2.39. The summed E-state index contributed by atoms with van der Waals surface area (Å²) in [7, 11) is -7.34. The lowest BCUT2D eigenvalue weighted by molar-refractivity contribution is -0.148. The van der Waals surface area contributed by atoms with E-state index in [0.717, 1.165) is 43.4 Å². The van der Waals surface area contributed by atoms with Crippen LogP contribution in [0.1, 0.15) is 131 Å². The van der Waals surface area contributed by atoms with Gasteiger partial charge in [-0.05, 0) is 142 Å². The lowest BCUT2D eigenvalue weighted by Crippen LogP contribution is -2.52. The first-order valence-corrected chi connectivity index (χ1v) is 39.6. The molecule has 0 N–H and O–H groups in total. The summed E-state index contributed by atoms with van der Waals surface area (Å²) in [4.78, 5) is 91.3. The third-order valence-electron chi connectivity index (χ3n) is 10.1. The minimum atomic E-state index is -2.36. The second-order valence-electron chi connectivity index (χ2n) is 20.0. The summed E-state index contributed by atoms with van der Waals surface area (Å²) in [5, 5.41) is 0. The van der Waals surface area contributed by atoms with E-state index in [-0.39, 0.29) is 102 Å². The molecule has 0 saturated carbocycles. The fourth-order valence-electron chi connectivity index (χ4n) is 7.26. The van der Waals surface area contributed by atoms with E-state index in [2.05, 4.69) is 70.2 Å². The Balaban J connectivity index is -0.000000609. The minimum absolute atomic E-state index is 0. The van der Waals surface area contributed by atoms with Crippen LogP contribution in [0.15, 0.2) is 0 Å². The van der Waals surface area contributed by atoms with E-state index in [1.165, 1.54) is 28.1 Å². The molecule has 0 rings (SSSR count). The van der Waals surface area contributed by atoms with Gasteiger partial charge in [0, 0.05) is 64.2 Å². The van der Waals surface area contributed by atoms with Crippen LogP contribution in [0, 0.1) is 0 Å². The average Bonchev–Trinajstić information content (AvgIpc) is 3.18. The molecule has 0 aromatic carbocycles. The van der Waals surface area contributed by atoms with Crippen molar-refractivity contribution < 1.29 is 79.1 Å². The molecule has 0 spiro atoms. The highest BCUT2D eigenvalue weighted by Crippen LogP contribution is 2.28. The lowest BCUT2D eigenvalue weighted by atomic mass is 10.2. The molecule has 0 aliphatic heterocycles. The van der Waals surface area contributed by atoms with Gasteiger partial charge >= 0.3 is 44.4 Å². The van der Waals surface area contributed by atoms with Gasteiger partial charge in [-0.15, -0.1) is 0 Å². The summed E-state index contributed by atoms with van der Waals surface area (Å²) in [5.41, 5.74) is 0. The van der Waals surface area contributed by atoms with Crippen LogP contribution in [0.3, 0.4) is 0 Å². The van der Waals surface area contributed by atoms with Crippen molar-refractivity contribution in [2.45, 2.75) is 221 Å². The summed E-state index contributed by atoms with van der Waals surface area (Å²) < 4.78 is 49.5. The van der Waals surface area contributed by atoms with Crippen LogP contribution in [0.5, 0.6) is 0 Å². The topological polar surface area (TPSA) is 220 Å². The Labute approximate surface area is 428 Å². The van der Waals surface area contributed by atoms with Gasteiger partial charge in [0.2, 0.25) is 0 Å². The average molecular weight is 1090 g/mol. The monoisotopic (exact) mass is 1090 g/mol. The predicted molar refractivity (Wildman–Crippen MR) is 286 cm³/mol. The number of hydrogen-bond acceptors (Lipinski definition) is 17. The van der Waals surface area contributed by atoms with Gasteiger partial charge in [-0.1, -0.05) is 14.9 Å². The van der Waals surface area contributed by atoms with Gasteiger partial charge in [0.1, 0.15) is 11.6 Å². The third-order valence-corrected chi connectivity index (χ3v) is 29.1. The first-order chi connectivity index (χ1) is 31.4. The molecule has 17 nitrogen and oxygen atoms in total. The standard InChI is InChI=1S/C24H48O9Si3.C22H42O8Si2.2CH4/c1-21(25)13-9-14-23(27)30-17-12-18-31-24(28)16-11-20-35(5,6)33-36(7,8)32-34(3,4)19-10-15-22(26)29-2;1-19(23)11-7-12-21(25)28-15-10-16-29-22(26)14-9-18-32(5,6)30-31(3,4)17-8-13-20(24)27-2;;/h9-20H2,1-8H3;7-18H2,1-6H3;2*1H4. The molecular weight excluding hydrogens is 989 g/mol. The number of esters is 6. The number of methoxy groups -OCH3 is 2. The molecule has 0 aliphatic rings. The molecule has 0 aliphatic carbocycles. The van der Waals surface area contributed by atoms with Crippen LogP contribution < -0.4 is 0 Å². The van der Waals surface area contributed by atoms with Gasteiger partial charge in [-0.25, -0.2) is 0 Å². The van der Waals surface area contributed by atoms with Crippen molar-refractivity contribution >= 4 is 89.2 Å². The van der Waals surface area contributed by atoms with Crippen LogP contribution in [0.4, 0.5) is 0 Å². The van der Waals surface area contributed by atoms with Gasteiger partial charge < -0.3 is 50.4 Å². The van der Waals surface area contributed by atoms with Gasteiger partial charge in [-0.2, -0.15) is 0 Å². The smallest absolute Gasteiger partial charge is 0.311 e. The van der Waals surface area contributed by atoms with E-state index in [4.69, 9.17) is 36.0 Å². The summed E-state index contributed by atoms with van der Waals surface area (Å²) in [6.45, 7) is 25.2. The van der Waals surface area contributed by atoms with Crippen LogP contribution in [0.25, 0.3) is 0 Å². The molecule has 412 valence electrons. The number of Topliss-reactive ketones (excluding diaryl/α,β-unsaturated/α-hetero) is 2. The maximum Gasteiger partial charge on any atom is 0.311 e. The van der Waals surface area contributed by atoms with Crippen LogP contribution in [-0.4, -0.2) is 130 Å². The van der Waals surface area contributed by atoms with Crippen molar-refractivity contribution in [2.75, 3.05) is 40.6 Å². The number of ketones is 2. The van der Waals surface area contributed by atoms with Crippen LogP contribution >= 0.6 is 0 Å². The van der Waals surface area contributed by atoms with Crippen molar-refractivity contribution in [1.29, 1.82) is 0 Å². The maximum atomic E-state index is 12.0. The maximum absolute atomic E-state index is 12.0. The second-order valence-corrected chi connectivity index (χ2v) is 41.3. The second kappa shape index (κ2) is 39.6. The molecule has 0 bridgehead atoms. The van der Waals surface area contributed by atoms with E-state index in [1.54, 1.807) is 0 Å². The zero-order chi connectivity index (χ0) is 52.5. The largest absolute Gasteiger partial charge is 0.469 e. The Hall–Kier alpha value is -2.88. The molecule has 0 heterocycles. The van der Waals surface area contributed by atoms with Crippen molar-refractivity contribution in [2.24, 2.45) is 0 Å². The molecule has 0 atom stereocenters. The highest BCUT2D eigenvalue weighted by atomic mass is 28.5. The SMILES string of the molecule is C.C.COC(=O)CCC[Si](C)(C)O[Si](C)(C)CCCC(=O)OCCCOC(=O)CCCC(C)=O.COC(=O)CCC[Si](C)(C)O[Si](C)(C)O[Si](C)(C)CCCC(=O)OCCCOC(=O)CCCC(C)=O. The fourth-order valence-corrected chi connectivity index (χ4v) is 30.2. The van der Waals surface area contributed by atoms with E-state index in [9.17, 15) is 38.4 Å². The van der Waals surface area contributed by atoms with E-state index >= 15 is 0 Å². The Morgan fingerprint density at radius 3 is 0.786 bits per heavy atom. The van der Waals surface area contributed by atoms with E-state index in [0.29, 0.717) is 70.6 Å². The van der Waals surface area contributed by atoms with Crippen molar-refractivity contribution in [3.8, 4) is 0 Å². The highest BCUT2D eigenvalue weighted by molar-refractivity contribution is 6.88. The van der Waals surface area contributed by atoms with Gasteiger partial charge in [0.25, 0.3) is 0 Å². The Bertz CT molecular complexity index is 1540. The van der Waals surface area contributed by atoms with Crippen LogP contribution in [0.2, 0.25) is 89.6 Å². The van der Waals surface area contributed by atoms with Gasteiger partial charge in [-0.3, -0.25) is 28.8 Å². The number of carbonyl (C=O) groups excluding carboxylic acids is 8. The first kappa shape index (κ1) is 73.7. The molecule has 0 fully saturated rings. The number of carbonyl (C=O) groups is 8. The zero-order valence-electron chi connectivity index (χ0n) is 44.4. The van der Waals surface area contributed by atoms with Crippen molar-refractivity contribution in [3.63, 3.8) is 0 Å². The summed E-state index contributed by atoms with van der Waals surface area (Å²) in [5.74, 6) is -1.45. The van der Waals surface area contributed by atoms with Crippen molar-refractivity contribution in [3.05, 3.63) is 0 Å². The van der Waals surface area contributed by atoms with Crippen LogP contribution in [-0.2, 0) is 79.1 Å². The Kier molecular flexibility index (Phi) is 41.7. The quantitative estimate of drug-likeness (QED) is 0.0243. The molecule has 0 aromatic heterocycles. The molecule has 0 amide bonds. The molecule has 22 heteroatoms. The molecule has 0 unspecified atom stereocenters. The molecule has 0 radical (unpaired) electrons. The van der Waals surface area contributed by atoms with Gasteiger partial charge in [0.15, 0.2) is 33.3 Å². The third kappa shape index (κ3) is 47.4. The molecule has 0 aromatic rings. The summed E-state index contributed by atoms with van der Waals surface area (Å²) >= 11 is 0. The zero-order valence-corrected chi connectivity index (χ0v) is 49.4. The predicted octanol–water partition coefficient (Wildman–Crippen LogP) is 10.8. The summed E-state index contributed by atoms with van der Waals surface area (Å²) in [6, 6.07) is 3.47. The number of ether oxygens (including phenoxy) is 6. The fraction of sp³-hybridized carbons (Fsp3) is 0.833. The normalized spacial score (nSPS) is 11.6. The van der Waals surface area contributed by atoms with E-state index in [1.807, 2.05) is 0 Å². The molecular formula is C48H98O17Si5. The number of hydrogen-bond donors (Lipinski definition) is 0. The Morgan fingerprint density at radius 2 is 0.543 bits per heavy atom. The summed E-state index contributed by atoms with van der Waals surface area (Å²) in [6.07, 6.45) is 7.53. The molecule has 70 heavy (non-hydrogen) atoms. The Morgan fingerprint density at radius 1 is 0.314 bits per heavy atom. The van der Waals surface area contributed by atoms with Gasteiger partial charge in [0.05, 0.1) is 40.6 Å². The lowest BCUT2D eigenvalue weighted by Gasteiger charge is -2.38.